The second-order valence-electron chi connectivity index (χ2n) is 12.0. The molecular weight excluding hydrogens is 664 g/mol. The first-order valence-electron chi connectivity index (χ1n) is 17.3. The zero-order valence-electron chi connectivity index (χ0n) is 28.9. The Balaban J connectivity index is 0.000000693. The molecule has 0 saturated heterocycles. The van der Waals surface area contributed by atoms with Crippen LogP contribution >= 0.6 is 11.6 Å². The standard InChI is InChI=1S/C35H52N2.C5H3ClN.Pd/c1-9-26(10-2)30-19-17-20-31(27(11-3)12-4)34(30)36-23-24-37(25-36)35-32(28(13-5)14-6)21-18-22-33(35)29(15-7)16-8;6-5-2-1-3-7-4-5;/h17-24,26-29H,9-16H2,1-8H3;1-3H;/q;-1;. The zero-order valence-corrected chi connectivity index (χ0v) is 31.2. The smallest absolute Gasteiger partial charge is 0.0535 e. The normalized spacial score (nSPS) is 11.5. The van der Waals surface area contributed by atoms with Gasteiger partial charge < -0.3 is 4.98 Å². The van der Waals surface area contributed by atoms with E-state index in [9.17, 15) is 0 Å². The molecule has 2 aromatic carbocycles. The maximum atomic E-state index is 5.42. The molecule has 0 spiro atoms. The summed E-state index contributed by atoms with van der Waals surface area (Å²) in [6.07, 6.45) is 18.1. The van der Waals surface area contributed by atoms with Gasteiger partial charge in [-0.15, -0.1) is 17.7 Å². The first-order chi connectivity index (χ1) is 21.8. The van der Waals surface area contributed by atoms with Gasteiger partial charge in [0.2, 0.25) is 0 Å². The van der Waals surface area contributed by atoms with Crippen molar-refractivity contribution >= 4 is 11.6 Å². The minimum absolute atomic E-state index is 0.558. The van der Waals surface area contributed by atoms with Crippen molar-refractivity contribution in [1.29, 1.82) is 0 Å². The van der Waals surface area contributed by atoms with Crippen LogP contribution < -0.4 is 0 Å². The summed E-state index contributed by atoms with van der Waals surface area (Å²) in [5.74, 6) is 2.24. The third-order valence-electron chi connectivity index (χ3n) is 9.69. The van der Waals surface area contributed by atoms with Crippen molar-refractivity contribution in [2.75, 3.05) is 0 Å². The molecule has 45 heavy (non-hydrogen) atoms. The SMILES string of the molecule is CCC(CC)c1cccc(C(CC)CC)c1-n1ccn(-c2c(C(CC)CC)cccc2C(CC)CC)[c]1=[Pd].Clc1[c-]nccc1. The van der Waals surface area contributed by atoms with Crippen LogP contribution in [0.25, 0.3) is 11.4 Å². The van der Waals surface area contributed by atoms with Crippen LogP contribution in [0.2, 0.25) is 5.02 Å². The van der Waals surface area contributed by atoms with Crippen molar-refractivity contribution in [3.63, 3.8) is 0 Å². The summed E-state index contributed by atoms with van der Waals surface area (Å²) in [5, 5.41) is 0.558. The molecule has 0 amide bonds. The average Bonchev–Trinajstić information content (AvgIpc) is 3.44. The molecule has 0 aliphatic rings. The molecule has 0 bridgehead atoms. The Labute approximate surface area is 289 Å². The molecule has 0 saturated carbocycles. The Bertz CT molecular complexity index is 1340. The third kappa shape index (κ3) is 8.77. The Kier molecular flexibility index (Phi) is 15.5. The van der Waals surface area contributed by atoms with Crippen LogP contribution in [-0.4, -0.2) is 14.1 Å². The van der Waals surface area contributed by atoms with E-state index in [1.165, 1.54) is 33.6 Å². The van der Waals surface area contributed by atoms with Crippen molar-refractivity contribution in [3.05, 3.63) is 104 Å². The van der Waals surface area contributed by atoms with Gasteiger partial charge in [0.1, 0.15) is 0 Å². The van der Waals surface area contributed by atoms with Crippen molar-refractivity contribution < 1.29 is 18.7 Å². The predicted octanol–water partition coefficient (Wildman–Crippen LogP) is 12.5. The summed E-state index contributed by atoms with van der Waals surface area (Å²) in [7, 11) is 0. The Morgan fingerprint density at radius 2 is 0.911 bits per heavy atom. The number of hydrogen-bond acceptors (Lipinski definition) is 1. The molecule has 0 aliphatic carbocycles. The number of rotatable bonds is 14. The molecule has 4 rings (SSSR count). The van der Waals surface area contributed by atoms with Crippen LogP contribution in [0.1, 0.15) is 153 Å². The molecule has 0 atom stereocenters. The number of para-hydroxylation sites is 2. The Morgan fingerprint density at radius 1 is 0.578 bits per heavy atom. The molecule has 0 unspecified atom stereocenters. The van der Waals surface area contributed by atoms with Gasteiger partial charge in [-0.05, 0) is 0 Å². The fraction of sp³-hybridized carbons (Fsp3) is 0.500. The largest absolute Gasteiger partial charge is 0.393 e. The third-order valence-corrected chi connectivity index (χ3v) is 10.6. The topological polar surface area (TPSA) is 22.8 Å². The van der Waals surface area contributed by atoms with Crippen molar-refractivity contribution in [2.45, 2.75) is 130 Å². The van der Waals surface area contributed by atoms with Crippen LogP contribution in [0, 0.1) is 10.1 Å². The molecule has 2 aromatic heterocycles. The second-order valence-corrected chi connectivity index (χ2v) is 13.1. The van der Waals surface area contributed by atoms with E-state index in [1.807, 2.05) is 0 Å². The number of nitrogens with zero attached hydrogens (tertiary/aromatic N) is 3. The summed E-state index contributed by atoms with van der Waals surface area (Å²) < 4.78 is 6.08. The number of hydrogen-bond donors (Lipinski definition) is 0. The molecule has 5 heteroatoms. The molecule has 248 valence electrons. The molecule has 4 aromatic rings. The van der Waals surface area contributed by atoms with Crippen molar-refractivity contribution in [1.82, 2.24) is 14.1 Å². The van der Waals surface area contributed by atoms with Gasteiger partial charge in [0.15, 0.2) is 0 Å². The van der Waals surface area contributed by atoms with Crippen LogP contribution in [0.5, 0.6) is 0 Å². The second kappa shape index (κ2) is 18.8. The molecule has 3 nitrogen and oxygen atoms in total. The van der Waals surface area contributed by atoms with Gasteiger partial charge in [0, 0.05) is 0 Å². The van der Waals surface area contributed by atoms with E-state index in [-0.39, 0.29) is 0 Å². The Hall–Kier alpha value is -2.25. The van der Waals surface area contributed by atoms with Gasteiger partial charge in [-0.2, -0.15) is 6.07 Å². The fourth-order valence-corrected chi connectivity index (χ4v) is 7.64. The first kappa shape index (κ1) is 37.2. The van der Waals surface area contributed by atoms with Crippen LogP contribution in [0.4, 0.5) is 0 Å². The molecule has 0 aliphatic heterocycles. The summed E-state index contributed by atoms with van der Waals surface area (Å²) in [6.45, 7) is 18.7. The Morgan fingerprint density at radius 3 is 1.13 bits per heavy atom. The number of aromatic nitrogens is 3. The fourth-order valence-electron chi connectivity index (χ4n) is 6.94. The molecule has 0 fully saturated rings. The van der Waals surface area contributed by atoms with Gasteiger partial charge in [-0.3, -0.25) is 0 Å². The molecular formula is C40H55ClN3Pd-. The summed E-state index contributed by atoms with van der Waals surface area (Å²) in [6, 6.07) is 17.6. The van der Waals surface area contributed by atoms with E-state index in [1.54, 1.807) is 18.3 Å². The predicted molar refractivity (Wildman–Crippen MR) is 190 cm³/mol. The van der Waals surface area contributed by atoms with Crippen molar-refractivity contribution in [2.24, 2.45) is 0 Å². The van der Waals surface area contributed by atoms with E-state index in [0.29, 0.717) is 28.7 Å². The molecule has 0 N–H and O–H groups in total. The van der Waals surface area contributed by atoms with Gasteiger partial charge in [0.25, 0.3) is 0 Å². The van der Waals surface area contributed by atoms with Gasteiger partial charge in [-0.1, -0.05) is 17.4 Å². The van der Waals surface area contributed by atoms with E-state index in [4.69, 9.17) is 11.6 Å². The van der Waals surface area contributed by atoms with E-state index in [2.05, 4.69) is 143 Å². The van der Waals surface area contributed by atoms with Crippen LogP contribution in [0.3, 0.4) is 0 Å². The van der Waals surface area contributed by atoms with Crippen molar-refractivity contribution in [3.8, 4) is 11.4 Å². The molecule has 2 heterocycles. The minimum Gasteiger partial charge on any atom is -0.393 e. The van der Waals surface area contributed by atoms with Gasteiger partial charge >= 0.3 is 245 Å². The van der Waals surface area contributed by atoms with Crippen LogP contribution in [-0.2, 0) is 18.7 Å². The van der Waals surface area contributed by atoms with Crippen LogP contribution in [0.15, 0.2) is 67.1 Å². The number of imidazole rings is 1. The zero-order chi connectivity index (χ0) is 32.9. The summed E-state index contributed by atoms with van der Waals surface area (Å²) in [5.41, 5.74) is 8.76. The number of halogens is 1. The summed E-state index contributed by atoms with van der Waals surface area (Å²) in [4.78, 5) is 3.63. The number of pyridine rings is 1. The van der Waals surface area contributed by atoms with Gasteiger partial charge in [-0.25, -0.2) is 0 Å². The van der Waals surface area contributed by atoms with E-state index >= 15 is 0 Å². The monoisotopic (exact) mass is 718 g/mol. The number of benzene rings is 2. The van der Waals surface area contributed by atoms with Gasteiger partial charge in [0.05, 0.1) is 0 Å². The van der Waals surface area contributed by atoms with E-state index < -0.39 is 0 Å². The maximum absolute atomic E-state index is 5.42. The maximum Gasteiger partial charge on any atom is -0.0535 e. The summed E-state index contributed by atoms with van der Waals surface area (Å²) >= 11 is 9.22. The first-order valence-corrected chi connectivity index (χ1v) is 18.5. The average molecular weight is 720 g/mol. The van der Waals surface area contributed by atoms with E-state index in [0.717, 1.165) is 55.3 Å². The minimum atomic E-state index is 0.558. The molecule has 0 radical (unpaired) electrons. The quantitative estimate of drug-likeness (QED) is 0.0940.